The van der Waals surface area contributed by atoms with E-state index in [9.17, 15) is 4.79 Å². The smallest absolute Gasteiger partial charge is 0.202 e. The number of ether oxygens (including phenoxy) is 1. The van der Waals surface area contributed by atoms with Crippen LogP contribution in [0.25, 0.3) is 0 Å². The van der Waals surface area contributed by atoms with Gasteiger partial charge in [0.15, 0.2) is 6.10 Å². The molecule has 0 radical (unpaired) electrons. The molecule has 0 bridgehead atoms. The molecule has 0 aromatic heterocycles. The fourth-order valence-electron chi connectivity index (χ4n) is 1.70. The normalized spacial score (nSPS) is 12.0. The Bertz CT molecular complexity index is 606. The van der Waals surface area contributed by atoms with Gasteiger partial charge in [-0.1, -0.05) is 51.3 Å². The molecule has 0 amide bonds. The fourth-order valence-corrected chi connectivity index (χ4v) is 2.47. The van der Waals surface area contributed by atoms with Crippen molar-refractivity contribution in [3.8, 4) is 5.75 Å². The minimum atomic E-state index is -0.620. The molecule has 1 unspecified atom stereocenters. The Morgan fingerprint density at radius 1 is 1.10 bits per heavy atom. The van der Waals surface area contributed by atoms with E-state index in [1.54, 1.807) is 37.3 Å². The van der Waals surface area contributed by atoms with Crippen molar-refractivity contribution < 1.29 is 9.53 Å². The lowest BCUT2D eigenvalue weighted by atomic mass is 10.1. The van der Waals surface area contributed by atoms with Crippen LogP contribution in [0.15, 0.2) is 46.9 Å². The molecule has 2 rings (SSSR count). The third-order valence-corrected chi connectivity index (χ3v) is 3.61. The molecule has 0 heterocycles. The van der Waals surface area contributed by atoms with Gasteiger partial charge >= 0.3 is 0 Å². The molecule has 1 atom stereocenters. The fraction of sp³-hybridized carbons (Fsp3) is 0.133. The zero-order chi connectivity index (χ0) is 14.7. The highest BCUT2D eigenvalue weighted by Crippen LogP contribution is 2.25. The van der Waals surface area contributed by atoms with Gasteiger partial charge in [0, 0.05) is 20.1 Å². The second-order valence-electron chi connectivity index (χ2n) is 4.24. The summed E-state index contributed by atoms with van der Waals surface area (Å²) < 4.78 is 6.51. The second kappa shape index (κ2) is 6.61. The molecule has 20 heavy (non-hydrogen) atoms. The Hall–Kier alpha value is -1.03. The highest BCUT2D eigenvalue weighted by molar-refractivity contribution is 9.10. The minimum absolute atomic E-state index is 0.103. The number of carbonyl (C=O) groups excluding carboxylic acids is 1. The number of rotatable bonds is 4. The first-order valence-corrected chi connectivity index (χ1v) is 7.43. The Morgan fingerprint density at radius 2 is 1.65 bits per heavy atom. The van der Waals surface area contributed by atoms with Crippen LogP contribution in [0.2, 0.25) is 10.0 Å². The quantitative estimate of drug-likeness (QED) is 0.670. The summed E-state index contributed by atoms with van der Waals surface area (Å²) in [6.45, 7) is 1.69. The Kier molecular flexibility index (Phi) is 5.08. The third-order valence-electron chi connectivity index (χ3n) is 2.65. The van der Waals surface area contributed by atoms with E-state index in [2.05, 4.69) is 15.9 Å². The van der Waals surface area contributed by atoms with E-state index in [1.807, 2.05) is 12.1 Å². The Labute approximate surface area is 135 Å². The van der Waals surface area contributed by atoms with Gasteiger partial charge in [0.25, 0.3) is 0 Å². The lowest BCUT2D eigenvalue weighted by molar-refractivity contribution is 0.0818. The average molecular weight is 374 g/mol. The van der Waals surface area contributed by atoms with E-state index in [0.717, 1.165) is 4.47 Å². The monoisotopic (exact) mass is 372 g/mol. The summed E-state index contributed by atoms with van der Waals surface area (Å²) in [5.74, 6) is 0.369. The molecule has 0 aliphatic carbocycles. The lowest BCUT2D eigenvalue weighted by Gasteiger charge is -2.14. The zero-order valence-electron chi connectivity index (χ0n) is 10.6. The van der Waals surface area contributed by atoms with Crippen LogP contribution in [-0.4, -0.2) is 11.9 Å². The maximum atomic E-state index is 12.2. The van der Waals surface area contributed by atoms with Gasteiger partial charge in [-0.15, -0.1) is 0 Å². The highest BCUT2D eigenvalue weighted by atomic mass is 79.9. The Morgan fingerprint density at radius 3 is 2.20 bits per heavy atom. The second-order valence-corrected chi connectivity index (χ2v) is 6.02. The maximum absolute atomic E-state index is 12.2. The summed E-state index contributed by atoms with van der Waals surface area (Å²) in [6, 6.07) is 12.0. The van der Waals surface area contributed by atoms with Gasteiger partial charge in [-0.25, -0.2) is 0 Å². The van der Waals surface area contributed by atoms with Gasteiger partial charge in [-0.2, -0.15) is 0 Å². The molecule has 0 saturated heterocycles. The highest BCUT2D eigenvalue weighted by Gasteiger charge is 2.17. The number of hydrogen-bond acceptors (Lipinski definition) is 2. The molecule has 5 heteroatoms. The molecular weight excluding hydrogens is 363 g/mol. The molecule has 2 aromatic carbocycles. The van der Waals surface area contributed by atoms with Gasteiger partial charge < -0.3 is 4.74 Å². The van der Waals surface area contributed by atoms with E-state index in [-0.39, 0.29) is 5.78 Å². The van der Waals surface area contributed by atoms with E-state index in [4.69, 9.17) is 27.9 Å². The summed E-state index contributed by atoms with van der Waals surface area (Å²) in [7, 11) is 0. The van der Waals surface area contributed by atoms with Crippen LogP contribution in [0.4, 0.5) is 0 Å². The van der Waals surface area contributed by atoms with Crippen molar-refractivity contribution in [2.24, 2.45) is 0 Å². The summed E-state index contributed by atoms with van der Waals surface area (Å²) in [4.78, 5) is 12.2. The molecule has 0 N–H and O–H groups in total. The number of Topliss-reactive ketones (excluding diaryl/α,β-unsaturated/α-hetero) is 1. The lowest BCUT2D eigenvalue weighted by Crippen LogP contribution is -2.23. The number of ketones is 1. The molecule has 2 aromatic rings. The van der Waals surface area contributed by atoms with Crippen LogP contribution < -0.4 is 4.74 Å². The molecule has 2 nitrogen and oxygen atoms in total. The standard InChI is InChI=1S/C15H11BrCl2O2/c1-9(15(19)10-2-4-11(16)5-3-10)20-14-7-12(17)6-13(18)8-14/h2-9H,1H3. The van der Waals surface area contributed by atoms with E-state index < -0.39 is 6.10 Å². The van der Waals surface area contributed by atoms with Gasteiger partial charge in [-0.05, 0) is 37.3 Å². The molecule has 0 spiro atoms. The first-order valence-electron chi connectivity index (χ1n) is 5.88. The van der Waals surface area contributed by atoms with E-state index in [0.29, 0.717) is 21.4 Å². The van der Waals surface area contributed by atoms with Crippen LogP contribution in [0, 0.1) is 0 Å². The maximum Gasteiger partial charge on any atom is 0.202 e. The molecule has 0 saturated carbocycles. The predicted octanol–water partition coefficient (Wildman–Crippen LogP) is 5.41. The third kappa shape index (κ3) is 3.98. The van der Waals surface area contributed by atoms with Crippen LogP contribution in [0.1, 0.15) is 17.3 Å². The first kappa shape index (κ1) is 15.4. The van der Waals surface area contributed by atoms with Crippen molar-refractivity contribution in [3.63, 3.8) is 0 Å². The molecule has 0 aliphatic heterocycles. The van der Waals surface area contributed by atoms with Crippen molar-refractivity contribution in [1.82, 2.24) is 0 Å². The summed E-state index contributed by atoms with van der Waals surface area (Å²) in [5, 5.41) is 0.937. The van der Waals surface area contributed by atoms with Crippen molar-refractivity contribution >= 4 is 44.9 Å². The largest absolute Gasteiger partial charge is 0.482 e. The molecule has 0 fully saturated rings. The number of carbonyl (C=O) groups is 1. The van der Waals surface area contributed by atoms with Gasteiger partial charge in [0.2, 0.25) is 5.78 Å². The topological polar surface area (TPSA) is 26.3 Å². The molecule has 0 aliphatic rings. The Balaban J connectivity index is 2.13. The average Bonchev–Trinajstić information content (AvgIpc) is 2.37. The SMILES string of the molecule is CC(Oc1cc(Cl)cc(Cl)c1)C(=O)c1ccc(Br)cc1. The summed E-state index contributed by atoms with van der Waals surface area (Å²) in [6.07, 6.45) is -0.620. The molecule has 104 valence electrons. The summed E-state index contributed by atoms with van der Waals surface area (Å²) >= 11 is 15.1. The predicted molar refractivity (Wildman–Crippen MR) is 85.0 cm³/mol. The van der Waals surface area contributed by atoms with Crippen molar-refractivity contribution in [2.75, 3.05) is 0 Å². The van der Waals surface area contributed by atoms with Crippen molar-refractivity contribution in [2.45, 2.75) is 13.0 Å². The van der Waals surface area contributed by atoms with Crippen LogP contribution in [0.3, 0.4) is 0 Å². The van der Waals surface area contributed by atoms with Gasteiger partial charge in [0.05, 0.1) is 0 Å². The minimum Gasteiger partial charge on any atom is -0.482 e. The van der Waals surface area contributed by atoms with Gasteiger partial charge in [-0.3, -0.25) is 4.79 Å². The van der Waals surface area contributed by atoms with Crippen LogP contribution in [0.5, 0.6) is 5.75 Å². The van der Waals surface area contributed by atoms with Gasteiger partial charge in [0.1, 0.15) is 5.75 Å². The van der Waals surface area contributed by atoms with Crippen LogP contribution in [-0.2, 0) is 0 Å². The van der Waals surface area contributed by atoms with Crippen LogP contribution >= 0.6 is 39.1 Å². The molecular formula is C15H11BrCl2O2. The summed E-state index contributed by atoms with van der Waals surface area (Å²) in [5.41, 5.74) is 0.592. The zero-order valence-corrected chi connectivity index (χ0v) is 13.7. The number of hydrogen-bond donors (Lipinski definition) is 0. The number of benzene rings is 2. The number of halogens is 3. The first-order chi connectivity index (χ1) is 9.45. The van der Waals surface area contributed by atoms with Crippen molar-refractivity contribution in [3.05, 3.63) is 62.5 Å². The van der Waals surface area contributed by atoms with E-state index in [1.165, 1.54) is 0 Å². The van der Waals surface area contributed by atoms with Crippen molar-refractivity contribution in [1.29, 1.82) is 0 Å². The van der Waals surface area contributed by atoms with E-state index >= 15 is 0 Å².